The maximum absolute atomic E-state index is 12.4. The van der Waals surface area contributed by atoms with Gasteiger partial charge in [0.2, 0.25) is 5.91 Å². The Morgan fingerprint density at radius 2 is 1.93 bits per heavy atom. The molecule has 7 nitrogen and oxygen atoms in total. The number of amides is 3. The number of ether oxygens (including phenoxy) is 1. The number of carbonyl (C=O) groups is 3. The Morgan fingerprint density at radius 1 is 1.17 bits per heavy atom. The fraction of sp³-hybridized carbons (Fsp3) is 0.318. The molecule has 0 aliphatic carbocycles. The summed E-state index contributed by atoms with van der Waals surface area (Å²) < 4.78 is 5.10. The molecule has 4 rings (SSSR count). The van der Waals surface area contributed by atoms with E-state index in [0.29, 0.717) is 5.69 Å². The van der Waals surface area contributed by atoms with Crippen LogP contribution in [0.15, 0.2) is 36.4 Å². The summed E-state index contributed by atoms with van der Waals surface area (Å²) >= 11 is 0. The molecule has 2 heterocycles. The van der Waals surface area contributed by atoms with Crippen molar-refractivity contribution in [3.8, 4) is 5.75 Å². The minimum atomic E-state index is -0.727. The van der Waals surface area contributed by atoms with Crippen LogP contribution in [0.4, 0.5) is 11.4 Å². The monoisotopic (exact) mass is 393 g/mol. The molecule has 2 aromatic carbocycles. The number of benzene rings is 2. The number of nitrogens with zero attached hydrogens (tertiary/aromatic N) is 1. The van der Waals surface area contributed by atoms with Gasteiger partial charge in [-0.25, -0.2) is 0 Å². The smallest absolute Gasteiger partial charge is 0.313 e. The van der Waals surface area contributed by atoms with Crippen LogP contribution < -0.4 is 20.3 Å². The van der Waals surface area contributed by atoms with E-state index in [1.54, 1.807) is 25.3 Å². The molecule has 3 amide bonds. The Hall–Kier alpha value is -3.35. The first-order valence-electron chi connectivity index (χ1n) is 9.68. The zero-order valence-corrected chi connectivity index (χ0v) is 16.5. The number of hydrogen-bond acceptors (Lipinski definition) is 4. The van der Waals surface area contributed by atoms with Gasteiger partial charge in [0.25, 0.3) is 0 Å². The molecular formula is C22H23N3O4. The summed E-state index contributed by atoms with van der Waals surface area (Å²) in [5.41, 5.74) is 4.35. The Balaban J connectivity index is 1.43. The molecule has 0 radical (unpaired) electrons. The van der Waals surface area contributed by atoms with Crippen molar-refractivity contribution in [1.82, 2.24) is 5.32 Å². The van der Waals surface area contributed by atoms with E-state index in [1.165, 1.54) is 0 Å². The van der Waals surface area contributed by atoms with Gasteiger partial charge in [0.05, 0.1) is 18.7 Å². The molecule has 2 aliphatic rings. The highest BCUT2D eigenvalue weighted by Crippen LogP contribution is 2.44. The number of anilines is 2. The standard InChI is InChI=1S/C22H23N3O4/c1-13-18-11-16(10-15-4-3-9-25(19(15)18)22(13)28)24-21(27)20(26)23-12-14-5-7-17(29-2)8-6-14/h5-8,10-11,13H,3-4,9,12H2,1-2H3,(H,23,26)(H,24,27)/t13-/m1/s1. The Kier molecular flexibility index (Phi) is 4.96. The first kappa shape index (κ1) is 19.0. The summed E-state index contributed by atoms with van der Waals surface area (Å²) in [6.45, 7) is 2.86. The molecule has 0 aromatic heterocycles. The van der Waals surface area contributed by atoms with Gasteiger partial charge in [-0.15, -0.1) is 0 Å². The first-order chi connectivity index (χ1) is 14.0. The third-order valence-corrected chi connectivity index (χ3v) is 5.50. The van der Waals surface area contributed by atoms with Crippen molar-refractivity contribution in [2.75, 3.05) is 23.9 Å². The minimum Gasteiger partial charge on any atom is -0.497 e. The number of aryl methyl sites for hydroxylation is 1. The van der Waals surface area contributed by atoms with Crippen LogP contribution in [0.25, 0.3) is 0 Å². The second-order valence-electron chi connectivity index (χ2n) is 7.37. The van der Waals surface area contributed by atoms with Gasteiger partial charge in [-0.3, -0.25) is 14.4 Å². The van der Waals surface area contributed by atoms with Crippen molar-refractivity contribution in [3.05, 3.63) is 53.1 Å². The number of hydrogen-bond donors (Lipinski definition) is 2. The molecule has 0 saturated carbocycles. The highest BCUT2D eigenvalue weighted by atomic mass is 16.5. The van der Waals surface area contributed by atoms with Crippen LogP contribution >= 0.6 is 0 Å². The van der Waals surface area contributed by atoms with E-state index in [2.05, 4.69) is 10.6 Å². The first-order valence-corrected chi connectivity index (χ1v) is 9.68. The number of nitrogens with one attached hydrogen (secondary N) is 2. The summed E-state index contributed by atoms with van der Waals surface area (Å²) in [7, 11) is 1.59. The summed E-state index contributed by atoms with van der Waals surface area (Å²) in [5.74, 6) is -0.843. The molecule has 150 valence electrons. The lowest BCUT2D eigenvalue weighted by Crippen LogP contribution is -2.35. The average Bonchev–Trinajstić information content (AvgIpc) is 2.98. The van der Waals surface area contributed by atoms with Crippen LogP contribution in [0.1, 0.15) is 36.0 Å². The third-order valence-electron chi connectivity index (χ3n) is 5.50. The van der Waals surface area contributed by atoms with E-state index in [0.717, 1.165) is 47.5 Å². The summed E-state index contributed by atoms with van der Waals surface area (Å²) in [6, 6.07) is 10.9. The van der Waals surface area contributed by atoms with Crippen molar-refractivity contribution in [2.45, 2.75) is 32.2 Å². The summed E-state index contributed by atoms with van der Waals surface area (Å²) in [5, 5.41) is 5.29. The van der Waals surface area contributed by atoms with Gasteiger partial charge < -0.3 is 20.3 Å². The molecular weight excluding hydrogens is 370 g/mol. The minimum absolute atomic E-state index is 0.0988. The van der Waals surface area contributed by atoms with E-state index in [-0.39, 0.29) is 18.4 Å². The molecule has 0 saturated heterocycles. The lowest BCUT2D eigenvalue weighted by Gasteiger charge is -2.26. The molecule has 2 N–H and O–H groups in total. The van der Waals surface area contributed by atoms with E-state index in [9.17, 15) is 14.4 Å². The largest absolute Gasteiger partial charge is 0.497 e. The van der Waals surface area contributed by atoms with Crippen LogP contribution in [0.5, 0.6) is 5.75 Å². The van der Waals surface area contributed by atoms with E-state index >= 15 is 0 Å². The van der Waals surface area contributed by atoms with Gasteiger partial charge in [-0.1, -0.05) is 12.1 Å². The van der Waals surface area contributed by atoms with Crippen LogP contribution in [0.2, 0.25) is 0 Å². The Bertz CT molecular complexity index is 984. The van der Waals surface area contributed by atoms with Gasteiger partial charge in [-0.2, -0.15) is 0 Å². The molecule has 0 bridgehead atoms. The molecule has 0 unspecified atom stereocenters. The maximum atomic E-state index is 12.4. The van der Waals surface area contributed by atoms with Gasteiger partial charge in [-0.05, 0) is 60.7 Å². The van der Waals surface area contributed by atoms with Gasteiger partial charge >= 0.3 is 11.8 Å². The number of rotatable bonds is 4. The summed E-state index contributed by atoms with van der Waals surface area (Å²) in [4.78, 5) is 38.8. The highest BCUT2D eigenvalue weighted by molar-refractivity contribution is 6.39. The van der Waals surface area contributed by atoms with Gasteiger partial charge in [0, 0.05) is 18.8 Å². The number of methoxy groups -OCH3 is 1. The third kappa shape index (κ3) is 3.55. The Labute approximate surface area is 169 Å². The lowest BCUT2D eigenvalue weighted by molar-refractivity contribution is -0.136. The maximum Gasteiger partial charge on any atom is 0.313 e. The average molecular weight is 393 g/mol. The lowest BCUT2D eigenvalue weighted by atomic mass is 9.96. The Morgan fingerprint density at radius 3 is 2.66 bits per heavy atom. The normalized spacial score (nSPS) is 17.0. The quantitative estimate of drug-likeness (QED) is 0.781. The van der Waals surface area contributed by atoms with Crippen molar-refractivity contribution in [1.29, 1.82) is 0 Å². The zero-order valence-electron chi connectivity index (χ0n) is 16.5. The molecule has 0 fully saturated rings. The second-order valence-corrected chi connectivity index (χ2v) is 7.37. The van der Waals surface area contributed by atoms with Crippen molar-refractivity contribution in [2.24, 2.45) is 0 Å². The van der Waals surface area contributed by atoms with Crippen molar-refractivity contribution < 1.29 is 19.1 Å². The van der Waals surface area contributed by atoms with Crippen LogP contribution in [-0.2, 0) is 27.3 Å². The fourth-order valence-corrected chi connectivity index (χ4v) is 3.96. The molecule has 2 aromatic rings. The SMILES string of the molecule is COc1ccc(CNC(=O)C(=O)Nc2cc3c4c(c2)[C@@H](C)C(=O)N4CCC3)cc1. The highest BCUT2D eigenvalue weighted by Gasteiger charge is 2.38. The topological polar surface area (TPSA) is 87.7 Å². The molecule has 2 aliphatic heterocycles. The van der Waals surface area contributed by atoms with Crippen LogP contribution in [0.3, 0.4) is 0 Å². The van der Waals surface area contributed by atoms with E-state index in [4.69, 9.17) is 4.74 Å². The summed E-state index contributed by atoms with van der Waals surface area (Å²) in [6.07, 6.45) is 1.75. The second kappa shape index (κ2) is 7.58. The van der Waals surface area contributed by atoms with Gasteiger partial charge in [0.15, 0.2) is 0 Å². The number of carbonyl (C=O) groups excluding carboxylic acids is 3. The van der Waals surface area contributed by atoms with Crippen molar-refractivity contribution >= 4 is 29.1 Å². The van der Waals surface area contributed by atoms with Crippen molar-refractivity contribution in [3.63, 3.8) is 0 Å². The molecule has 0 spiro atoms. The zero-order chi connectivity index (χ0) is 20.5. The predicted molar refractivity (Wildman–Crippen MR) is 109 cm³/mol. The molecule has 7 heteroatoms. The molecule has 29 heavy (non-hydrogen) atoms. The van der Waals surface area contributed by atoms with Crippen LogP contribution in [0, 0.1) is 0 Å². The van der Waals surface area contributed by atoms with Crippen LogP contribution in [-0.4, -0.2) is 31.4 Å². The molecule has 1 atom stereocenters. The van der Waals surface area contributed by atoms with E-state index < -0.39 is 11.8 Å². The predicted octanol–water partition coefficient (Wildman–Crippen LogP) is 2.35. The fourth-order valence-electron chi connectivity index (χ4n) is 3.96. The van der Waals surface area contributed by atoms with Gasteiger partial charge in [0.1, 0.15) is 5.75 Å². The van der Waals surface area contributed by atoms with E-state index in [1.807, 2.05) is 30.0 Å².